The van der Waals surface area contributed by atoms with E-state index in [4.69, 9.17) is 0 Å². The molecule has 1 unspecified atom stereocenters. The number of unbranched alkanes of at least 4 members (excludes halogenated alkanes) is 11. The molecule has 0 fully saturated rings. The van der Waals surface area contributed by atoms with Crippen LogP contribution in [-0.4, -0.2) is 29.3 Å². The van der Waals surface area contributed by atoms with Gasteiger partial charge in [0.1, 0.15) is 0 Å². The molecule has 208 valence electrons. The quantitative estimate of drug-likeness (QED) is 0.130. The van der Waals surface area contributed by atoms with E-state index in [1.54, 1.807) is 12.1 Å². The zero-order valence-corrected chi connectivity index (χ0v) is 23.3. The SMILES string of the molecule is CCCCCCCCCCCCCCC(CC(=O)NCCc1ccc(C(=O)c2ccccc2)cc1)C(=O)O. The first-order valence-electron chi connectivity index (χ1n) is 14.7. The Kier molecular flexibility index (Phi) is 15.8. The molecule has 5 nitrogen and oxygen atoms in total. The van der Waals surface area contributed by atoms with Gasteiger partial charge in [-0.25, -0.2) is 0 Å². The number of carbonyl (C=O) groups is 3. The number of hydrogen-bond donors (Lipinski definition) is 2. The molecule has 0 aromatic heterocycles. The molecule has 0 saturated carbocycles. The highest BCUT2D eigenvalue weighted by atomic mass is 16.4. The van der Waals surface area contributed by atoms with Gasteiger partial charge in [-0.05, 0) is 18.4 Å². The fourth-order valence-corrected chi connectivity index (χ4v) is 4.77. The zero-order valence-electron chi connectivity index (χ0n) is 23.3. The summed E-state index contributed by atoms with van der Waals surface area (Å²) in [4.78, 5) is 36.5. The molecule has 2 aromatic rings. The van der Waals surface area contributed by atoms with Gasteiger partial charge in [0.25, 0.3) is 0 Å². The summed E-state index contributed by atoms with van der Waals surface area (Å²) in [7, 11) is 0. The fourth-order valence-electron chi connectivity index (χ4n) is 4.77. The maximum absolute atomic E-state index is 12.5. The van der Waals surface area contributed by atoms with Gasteiger partial charge in [-0.15, -0.1) is 0 Å². The van der Waals surface area contributed by atoms with E-state index in [0.717, 1.165) is 24.8 Å². The number of rotatable bonds is 21. The van der Waals surface area contributed by atoms with Crippen LogP contribution in [0.2, 0.25) is 0 Å². The van der Waals surface area contributed by atoms with Gasteiger partial charge in [-0.1, -0.05) is 139 Å². The van der Waals surface area contributed by atoms with E-state index in [2.05, 4.69) is 12.2 Å². The van der Waals surface area contributed by atoms with Crippen LogP contribution in [0, 0.1) is 5.92 Å². The van der Waals surface area contributed by atoms with Crippen LogP contribution in [0.5, 0.6) is 0 Å². The lowest BCUT2D eigenvalue weighted by atomic mass is 9.96. The molecule has 1 amide bonds. The summed E-state index contributed by atoms with van der Waals surface area (Å²) in [6.07, 6.45) is 16.1. The second-order valence-corrected chi connectivity index (χ2v) is 10.4. The third-order valence-corrected chi connectivity index (χ3v) is 7.18. The molecule has 38 heavy (non-hydrogen) atoms. The number of hydrogen-bond acceptors (Lipinski definition) is 3. The minimum absolute atomic E-state index is 0.0154. The molecule has 0 radical (unpaired) electrons. The number of amides is 1. The molecule has 0 aliphatic rings. The monoisotopic (exact) mass is 521 g/mol. The van der Waals surface area contributed by atoms with Gasteiger partial charge in [-0.3, -0.25) is 14.4 Å². The first kappa shape index (κ1) is 31.3. The highest BCUT2D eigenvalue weighted by Crippen LogP contribution is 2.17. The number of carboxylic acids is 1. The maximum atomic E-state index is 12.5. The van der Waals surface area contributed by atoms with Gasteiger partial charge in [0.2, 0.25) is 5.91 Å². The van der Waals surface area contributed by atoms with Crippen LogP contribution in [-0.2, 0) is 16.0 Å². The Morgan fingerprint density at radius 1 is 0.711 bits per heavy atom. The van der Waals surface area contributed by atoms with E-state index in [1.807, 2.05) is 42.5 Å². The summed E-state index contributed by atoms with van der Waals surface area (Å²) in [6.45, 7) is 2.69. The van der Waals surface area contributed by atoms with E-state index in [1.165, 1.54) is 57.8 Å². The first-order valence-corrected chi connectivity index (χ1v) is 14.7. The van der Waals surface area contributed by atoms with Gasteiger partial charge in [0, 0.05) is 24.1 Å². The van der Waals surface area contributed by atoms with E-state index in [9.17, 15) is 19.5 Å². The van der Waals surface area contributed by atoms with Crippen LogP contribution in [0.1, 0.15) is 118 Å². The normalized spacial score (nSPS) is 11.7. The molecule has 2 aromatic carbocycles. The molecule has 1 atom stereocenters. The minimum Gasteiger partial charge on any atom is -0.481 e. The van der Waals surface area contributed by atoms with Crippen LogP contribution in [0.4, 0.5) is 0 Å². The predicted molar refractivity (Wildman–Crippen MR) is 154 cm³/mol. The van der Waals surface area contributed by atoms with E-state index >= 15 is 0 Å². The number of carbonyl (C=O) groups excluding carboxylic acids is 2. The molecule has 0 saturated heterocycles. The van der Waals surface area contributed by atoms with Crippen molar-refractivity contribution in [1.82, 2.24) is 5.32 Å². The molecule has 0 bridgehead atoms. The Labute approximate surface area is 229 Å². The van der Waals surface area contributed by atoms with Gasteiger partial charge >= 0.3 is 5.97 Å². The van der Waals surface area contributed by atoms with Gasteiger partial charge in [0.15, 0.2) is 5.78 Å². The van der Waals surface area contributed by atoms with Gasteiger partial charge in [-0.2, -0.15) is 0 Å². The summed E-state index contributed by atoms with van der Waals surface area (Å²) >= 11 is 0. The summed E-state index contributed by atoms with van der Waals surface area (Å²) in [6, 6.07) is 16.6. The number of ketones is 1. The highest BCUT2D eigenvalue weighted by Gasteiger charge is 2.20. The lowest BCUT2D eigenvalue weighted by Gasteiger charge is -2.12. The molecule has 0 aliphatic carbocycles. The van der Waals surface area contributed by atoms with Crippen molar-refractivity contribution in [2.45, 2.75) is 103 Å². The third kappa shape index (κ3) is 13.0. The summed E-state index contributed by atoms with van der Waals surface area (Å²) < 4.78 is 0. The average molecular weight is 522 g/mol. The smallest absolute Gasteiger partial charge is 0.307 e. The third-order valence-electron chi connectivity index (χ3n) is 7.18. The first-order chi connectivity index (χ1) is 18.5. The standard InChI is InChI=1S/C33H47NO4/c1-2-3-4-5-6-7-8-9-10-11-12-14-19-30(33(37)38)26-31(35)34-25-24-27-20-22-29(23-21-27)32(36)28-17-15-13-16-18-28/h13,15-18,20-23,30H,2-12,14,19,24-26H2,1H3,(H,34,35)(H,37,38). The van der Waals surface area contributed by atoms with Gasteiger partial charge in [0.05, 0.1) is 5.92 Å². The average Bonchev–Trinajstić information content (AvgIpc) is 2.93. The van der Waals surface area contributed by atoms with E-state index < -0.39 is 11.9 Å². The molecular weight excluding hydrogens is 474 g/mol. The summed E-state index contributed by atoms with van der Waals surface area (Å²) in [5.74, 6) is -1.74. The Balaban J connectivity index is 1.57. The van der Waals surface area contributed by atoms with E-state index in [0.29, 0.717) is 30.5 Å². The molecule has 0 spiro atoms. The fraction of sp³-hybridized carbons (Fsp3) is 0.545. The molecular formula is C33H47NO4. The summed E-state index contributed by atoms with van der Waals surface area (Å²) in [5.41, 5.74) is 2.30. The maximum Gasteiger partial charge on any atom is 0.307 e. The molecule has 2 rings (SSSR count). The number of nitrogens with one attached hydrogen (secondary N) is 1. The Morgan fingerprint density at radius 2 is 1.24 bits per heavy atom. The van der Waals surface area contributed by atoms with Crippen molar-refractivity contribution < 1.29 is 19.5 Å². The zero-order chi connectivity index (χ0) is 27.4. The summed E-state index contributed by atoms with van der Waals surface area (Å²) in [5, 5.41) is 12.4. The van der Waals surface area contributed by atoms with Crippen LogP contribution < -0.4 is 5.32 Å². The lowest BCUT2D eigenvalue weighted by molar-refractivity contribution is -0.144. The largest absolute Gasteiger partial charge is 0.481 e. The van der Waals surface area contributed by atoms with E-state index in [-0.39, 0.29) is 18.1 Å². The minimum atomic E-state index is -0.887. The van der Waals surface area contributed by atoms with Crippen molar-refractivity contribution in [1.29, 1.82) is 0 Å². The molecule has 5 heteroatoms. The van der Waals surface area contributed by atoms with Crippen molar-refractivity contribution in [2.75, 3.05) is 6.54 Å². The van der Waals surface area contributed by atoms with Crippen molar-refractivity contribution in [2.24, 2.45) is 5.92 Å². The van der Waals surface area contributed by atoms with Crippen molar-refractivity contribution in [3.63, 3.8) is 0 Å². The Morgan fingerprint density at radius 3 is 1.79 bits per heavy atom. The molecule has 0 aliphatic heterocycles. The van der Waals surface area contributed by atoms with Crippen LogP contribution in [0.15, 0.2) is 54.6 Å². The molecule has 0 heterocycles. The number of aliphatic carboxylic acids is 1. The second-order valence-electron chi connectivity index (χ2n) is 10.4. The van der Waals surface area contributed by atoms with Crippen LogP contribution in [0.25, 0.3) is 0 Å². The Hall–Kier alpha value is -2.95. The second kappa shape index (κ2) is 19.2. The number of carboxylic acid groups (broad SMARTS) is 1. The van der Waals surface area contributed by atoms with Crippen molar-refractivity contribution in [3.8, 4) is 0 Å². The lowest BCUT2D eigenvalue weighted by Crippen LogP contribution is -2.29. The number of benzene rings is 2. The van der Waals surface area contributed by atoms with Crippen molar-refractivity contribution >= 4 is 17.7 Å². The molecule has 2 N–H and O–H groups in total. The predicted octanol–water partition coefficient (Wildman–Crippen LogP) is 7.76. The van der Waals surface area contributed by atoms with Crippen LogP contribution >= 0.6 is 0 Å². The van der Waals surface area contributed by atoms with Crippen molar-refractivity contribution in [3.05, 3.63) is 71.3 Å². The van der Waals surface area contributed by atoms with Gasteiger partial charge < -0.3 is 10.4 Å². The topological polar surface area (TPSA) is 83.5 Å². The highest BCUT2D eigenvalue weighted by molar-refractivity contribution is 6.08. The van der Waals surface area contributed by atoms with Crippen LogP contribution in [0.3, 0.4) is 0 Å². The Bertz CT molecular complexity index is 939.